The van der Waals surface area contributed by atoms with Gasteiger partial charge in [-0.3, -0.25) is 4.98 Å². The monoisotopic (exact) mass is 457 g/mol. The zero-order chi connectivity index (χ0) is 19.8. The Morgan fingerprint density at radius 1 is 1.21 bits per heavy atom. The lowest BCUT2D eigenvalue weighted by Crippen LogP contribution is -2.22. The first-order valence-electron chi connectivity index (χ1n) is 9.57. The average molecular weight is 459 g/mol. The minimum Gasteiger partial charge on any atom is -0.314 e. The van der Waals surface area contributed by atoms with Crippen molar-refractivity contribution in [3.05, 3.63) is 40.0 Å². The van der Waals surface area contributed by atoms with Gasteiger partial charge in [0.05, 0.1) is 21.7 Å². The van der Waals surface area contributed by atoms with Crippen LogP contribution in [0, 0.1) is 23.2 Å². The van der Waals surface area contributed by atoms with Gasteiger partial charge in [-0.2, -0.15) is 5.26 Å². The van der Waals surface area contributed by atoms with Crippen molar-refractivity contribution in [3.8, 4) is 17.3 Å². The zero-order valence-corrected chi connectivity index (χ0v) is 18.2. The van der Waals surface area contributed by atoms with Crippen LogP contribution in [0.5, 0.6) is 0 Å². The number of hydrogen-bond acceptors (Lipinski definition) is 4. The van der Waals surface area contributed by atoms with Gasteiger partial charge in [-0.1, -0.05) is 31.4 Å². The van der Waals surface area contributed by atoms with Crippen molar-refractivity contribution in [3.63, 3.8) is 0 Å². The van der Waals surface area contributed by atoms with Gasteiger partial charge in [0.15, 0.2) is 4.73 Å². The highest BCUT2D eigenvalue weighted by Crippen LogP contribution is 2.40. The first-order valence-corrected chi connectivity index (χ1v) is 10.7. The molecule has 0 N–H and O–H groups in total. The molecule has 1 unspecified atom stereocenters. The quantitative estimate of drug-likeness (QED) is 0.471. The number of aromatic nitrogens is 4. The summed E-state index contributed by atoms with van der Waals surface area (Å²) in [5, 5.41) is 9.97. The molecule has 0 saturated heterocycles. The molecule has 0 amide bonds. The van der Waals surface area contributed by atoms with Gasteiger partial charge < -0.3 is 4.57 Å². The Hall–Kier alpha value is -1.97. The van der Waals surface area contributed by atoms with Crippen LogP contribution in [0.2, 0.25) is 5.02 Å². The van der Waals surface area contributed by atoms with E-state index >= 15 is 0 Å². The lowest BCUT2D eigenvalue weighted by Gasteiger charge is -2.32. The second-order valence-electron chi connectivity index (χ2n) is 7.74. The highest BCUT2D eigenvalue weighted by Gasteiger charge is 2.28. The molecule has 1 aliphatic carbocycles. The summed E-state index contributed by atoms with van der Waals surface area (Å²) in [6, 6.07) is 5.98. The third-order valence-corrected chi connectivity index (χ3v) is 6.63. The number of pyridine rings is 2. The number of fused-ring (bicyclic) bond motifs is 1. The Morgan fingerprint density at radius 3 is 2.64 bits per heavy atom. The first kappa shape index (κ1) is 19.4. The van der Waals surface area contributed by atoms with Gasteiger partial charge in [0.2, 0.25) is 0 Å². The minimum atomic E-state index is 0.271. The lowest BCUT2D eigenvalue weighted by atomic mass is 9.79. The van der Waals surface area contributed by atoms with E-state index in [2.05, 4.69) is 50.4 Å². The number of rotatable bonds is 3. The lowest BCUT2D eigenvalue weighted by molar-refractivity contribution is 0.226. The average Bonchev–Trinajstić information content (AvgIpc) is 3.02. The third-order valence-electron chi connectivity index (χ3n) is 5.87. The minimum absolute atomic E-state index is 0.271. The summed E-state index contributed by atoms with van der Waals surface area (Å²) in [7, 11) is 0. The van der Waals surface area contributed by atoms with E-state index in [1.807, 2.05) is 6.07 Å². The fourth-order valence-electron chi connectivity index (χ4n) is 4.24. The van der Waals surface area contributed by atoms with Gasteiger partial charge in [-0.05, 0) is 53.6 Å². The van der Waals surface area contributed by atoms with E-state index in [1.54, 1.807) is 18.5 Å². The molecule has 0 bridgehead atoms. The van der Waals surface area contributed by atoms with E-state index in [4.69, 9.17) is 16.6 Å². The summed E-state index contributed by atoms with van der Waals surface area (Å²) < 4.78 is 2.99. The van der Waals surface area contributed by atoms with Crippen LogP contribution in [0.3, 0.4) is 0 Å². The number of nitriles is 1. The van der Waals surface area contributed by atoms with Crippen molar-refractivity contribution in [1.29, 1.82) is 5.26 Å². The van der Waals surface area contributed by atoms with Crippen LogP contribution < -0.4 is 0 Å². The van der Waals surface area contributed by atoms with Crippen molar-refractivity contribution in [2.24, 2.45) is 11.8 Å². The molecule has 5 nitrogen and oxygen atoms in total. The molecule has 1 atom stereocenters. The molecule has 0 spiro atoms. The van der Waals surface area contributed by atoms with E-state index < -0.39 is 0 Å². The molecule has 3 heterocycles. The normalized spacial score (nSPS) is 20.8. The maximum Gasteiger partial charge on any atom is 0.178 e. The Bertz CT molecular complexity index is 1060. The second kappa shape index (κ2) is 7.81. The van der Waals surface area contributed by atoms with Crippen molar-refractivity contribution >= 4 is 38.6 Å². The van der Waals surface area contributed by atoms with Gasteiger partial charge in [-0.15, -0.1) is 0 Å². The highest BCUT2D eigenvalue weighted by atomic mass is 79.9. The summed E-state index contributed by atoms with van der Waals surface area (Å²) in [5.41, 5.74) is 3.48. The van der Waals surface area contributed by atoms with Crippen LogP contribution in [-0.4, -0.2) is 19.5 Å². The molecule has 4 rings (SSSR count). The largest absolute Gasteiger partial charge is 0.314 e. The predicted molar refractivity (Wildman–Crippen MR) is 114 cm³/mol. The zero-order valence-electron chi connectivity index (χ0n) is 15.9. The molecule has 28 heavy (non-hydrogen) atoms. The van der Waals surface area contributed by atoms with Crippen molar-refractivity contribution < 1.29 is 0 Å². The van der Waals surface area contributed by atoms with Crippen LogP contribution in [0.4, 0.5) is 0 Å². The van der Waals surface area contributed by atoms with Crippen LogP contribution in [-0.2, 0) is 0 Å². The molecule has 3 aromatic rings. The van der Waals surface area contributed by atoms with Crippen molar-refractivity contribution in [1.82, 2.24) is 19.5 Å². The van der Waals surface area contributed by atoms with Gasteiger partial charge in [-0.25, -0.2) is 9.97 Å². The van der Waals surface area contributed by atoms with E-state index in [0.29, 0.717) is 22.3 Å². The molecule has 3 aromatic heterocycles. The van der Waals surface area contributed by atoms with Crippen LogP contribution >= 0.6 is 27.5 Å². The van der Waals surface area contributed by atoms with Gasteiger partial charge in [0, 0.05) is 30.1 Å². The summed E-state index contributed by atoms with van der Waals surface area (Å²) in [6.45, 7) is 4.59. The Kier molecular flexibility index (Phi) is 5.39. The summed E-state index contributed by atoms with van der Waals surface area (Å²) >= 11 is 9.83. The Morgan fingerprint density at radius 2 is 1.96 bits per heavy atom. The molecule has 0 radical (unpaired) electrons. The number of nitrogens with zero attached hydrogens (tertiary/aromatic N) is 5. The van der Waals surface area contributed by atoms with Gasteiger partial charge in [0.25, 0.3) is 0 Å². The van der Waals surface area contributed by atoms with Crippen LogP contribution in [0.1, 0.15) is 51.3 Å². The summed E-state index contributed by atoms with van der Waals surface area (Å²) in [5.74, 6) is 1.39. The van der Waals surface area contributed by atoms with Crippen LogP contribution in [0.15, 0.2) is 29.3 Å². The predicted octanol–water partition coefficient (Wildman–Crippen LogP) is 6.17. The Balaban J connectivity index is 1.90. The van der Waals surface area contributed by atoms with Crippen molar-refractivity contribution in [2.45, 2.75) is 45.6 Å². The number of halogens is 2. The highest BCUT2D eigenvalue weighted by molar-refractivity contribution is 9.10. The van der Waals surface area contributed by atoms with Crippen LogP contribution in [0.25, 0.3) is 22.3 Å². The molecule has 1 aliphatic rings. The smallest absolute Gasteiger partial charge is 0.178 e. The fraction of sp³-hybridized carbons (Fsp3) is 0.429. The maximum absolute atomic E-state index is 9.44. The number of hydrogen-bond donors (Lipinski definition) is 0. The second-order valence-corrected chi connectivity index (χ2v) is 8.88. The number of imidazole rings is 1. The molecular weight excluding hydrogens is 438 g/mol. The molecule has 0 aliphatic heterocycles. The van der Waals surface area contributed by atoms with E-state index in [9.17, 15) is 5.26 Å². The Labute approximate surface area is 177 Å². The maximum atomic E-state index is 9.44. The third kappa shape index (κ3) is 3.54. The molecule has 144 valence electrons. The summed E-state index contributed by atoms with van der Waals surface area (Å²) in [4.78, 5) is 13.5. The van der Waals surface area contributed by atoms with Crippen molar-refractivity contribution in [2.75, 3.05) is 0 Å². The van der Waals surface area contributed by atoms with E-state index in [1.165, 1.54) is 25.7 Å². The van der Waals surface area contributed by atoms with Gasteiger partial charge >= 0.3 is 0 Å². The molecule has 0 aromatic carbocycles. The topological polar surface area (TPSA) is 67.4 Å². The van der Waals surface area contributed by atoms with E-state index in [0.717, 1.165) is 27.2 Å². The molecule has 1 fully saturated rings. The molecular formula is C21H21BrClN5. The summed E-state index contributed by atoms with van der Waals surface area (Å²) in [6.07, 6.45) is 8.28. The molecule has 1 saturated carbocycles. The fourth-order valence-corrected chi connectivity index (χ4v) is 5.11. The van der Waals surface area contributed by atoms with E-state index in [-0.39, 0.29) is 6.04 Å². The SMILES string of the molecule is CC([C@H]1CC[C@H](C)CC1)n1c(Br)nc2cc(C#N)nc(-c3cncc(Cl)c3)c21. The van der Waals surface area contributed by atoms with Gasteiger partial charge in [0.1, 0.15) is 11.8 Å². The molecule has 7 heteroatoms. The first-order chi connectivity index (χ1) is 13.5. The standard InChI is InChI=1S/C21H21BrClN5/c1-12-3-5-14(6-4-12)13(2)28-20-18(27-21(28)22)8-17(9-24)26-19(20)15-7-16(23)11-25-10-15/h7-8,10-14H,3-6H2,1-2H3/t12-,13?,14-.